The van der Waals surface area contributed by atoms with Crippen molar-refractivity contribution >= 4 is 52.3 Å². The third kappa shape index (κ3) is 7.53. The molecule has 0 unspecified atom stereocenters. The molecule has 0 bridgehead atoms. The molecule has 3 N–H and O–H groups in total. The average molecular weight is 541 g/mol. The molecule has 1 aromatic heterocycles. The molecule has 0 fully saturated rings. The second-order valence-electron chi connectivity index (χ2n) is 7.85. The van der Waals surface area contributed by atoms with Crippen molar-refractivity contribution in [2.24, 2.45) is 0 Å². The van der Waals surface area contributed by atoms with Crippen LogP contribution in [0.5, 0.6) is 5.75 Å². The summed E-state index contributed by atoms with van der Waals surface area (Å²) in [4.78, 5) is 24.2. The molecule has 0 radical (unpaired) electrons. The largest absolute Gasteiger partial charge is 0.573 e. The zero-order valence-corrected chi connectivity index (χ0v) is 21.1. The monoisotopic (exact) mass is 540 g/mol. The number of hydrogen-bond acceptors (Lipinski definition) is 7. The number of ether oxygens (including phenoxy) is 1. The number of hydrogen-bond donors (Lipinski definition) is 3. The third-order valence-electron chi connectivity index (χ3n) is 5.17. The molecule has 0 saturated carbocycles. The zero-order chi connectivity index (χ0) is 27.1. The van der Waals surface area contributed by atoms with Gasteiger partial charge in [0.15, 0.2) is 0 Å². The molecular formula is C26H23F3N6O2S. The summed E-state index contributed by atoms with van der Waals surface area (Å²) in [6, 6.07) is 21.1. The number of carbonyl (C=O) groups is 1. The smallest absolute Gasteiger partial charge is 0.406 e. The molecule has 12 heteroatoms. The summed E-state index contributed by atoms with van der Waals surface area (Å²) < 4.78 is 40.6. The van der Waals surface area contributed by atoms with Gasteiger partial charge in [-0.05, 0) is 79.1 Å². The van der Waals surface area contributed by atoms with Gasteiger partial charge in [-0.3, -0.25) is 0 Å². The quantitative estimate of drug-likeness (QED) is 0.203. The fraction of sp³-hybridized carbons (Fsp3) is 0.115. The predicted molar refractivity (Wildman–Crippen MR) is 144 cm³/mol. The molecule has 8 nitrogen and oxygen atoms in total. The topological polar surface area (TPSA) is 91.4 Å². The Bertz CT molecular complexity index is 1390. The Morgan fingerprint density at radius 2 is 1.58 bits per heavy atom. The van der Waals surface area contributed by atoms with Crippen LogP contribution in [0.25, 0.3) is 0 Å². The molecule has 0 aliphatic rings. The van der Waals surface area contributed by atoms with E-state index in [-0.39, 0.29) is 5.75 Å². The van der Waals surface area contributed by atoms with Gasteiger partial charge in [0, 0.05) is 40.9 Å². The van der Waals surface area contributed by atoms with Crippen molar-refractivity contribution in [1.29, 1.82) is 0 Å². The lowest BCUT2D eigenvalue weighted by Crippen LogP contribution is -2.20. The molecule has 196 valence electrons. The van der Waals surface area contributed by atoms with Gasteiger partial charge in [-0.15, -0.1) is 24.9 Å². The summed E-state index contributed by atoms with van der Waals surface area (Å²) in [5.74, 6) is 0.750. The maximum Gasteiger partial charge on any atom is 0.573 e. The predicted octanol–water partition coefficient (Wildman–Crippen LogP) is 7.25. The minimum absolute atomic E-state index is 0.307. The van der Waals surface area contributed by atoms with E-state index >= 15 is 0 Å². The average Bonchev–Trinajstić information content (AvgIpc) is 2.89. The van der Waals surface area contributed by atoms with Crippen molar-refractivity contribution in [3.05, 3.63) is 85.1 Å². The zero-order valence-electron chi connectivity index (χ0n) is 20.3. The maximum atomic E-state index is 12.3. The highest BCUT2D eigenvalue weighted by atomic mass is 32.2. The van der Waals surface area contributed by atoms with Crippen molar-refractivity contribution in [2.75, 3.05) is 34.2 Å². The molecule has 0 spiro atoms. The number of urea groups is 1. The number of amides is 2. The third-order valence-corrected chi connectivity index (χ3v) is 5.89. The van der Waals surface area contributed by atoms with Crippen LogP contribution in [0.2, 0.25) is 0 Å². The number of benzene rings is 3. The Kier molecular flexibility index (Phi) is 8.22. The van der Waals surface area contributed by atoms with E-state index in [2.05, 4.69) is 30.7 Å². The Morgan fingerprint density at radius 3 is 2.21 bits per heavy atom. The minimum atomic E-state index is -4.78. The van der Waals surface area contributed by atoms with Crippen LogP contribution >= 0.6 is 11.8 Å². The molecule has 4 aromatic rings. The van der Waals surface area contributed by atoms with Gasteiger partial charge in [-0.2, -0.15) is 4.98 Å². The van der Waals surface area contributed by atoms with Gasteiger partial charge in [0.1, 0.15) is 11.6 Å². The Morgan fingerprint density at radius 1 is 0.921 bits per heavy atom. The molecule has 0 aliphatic heterocycles. The number of aromatic nitrogens is 2. The number of nitrogens with one attached hydrogen (secondary N) is 3. The number of halogens is 3. The maximum absolute atomic E-state index is 12.3. The number of alkyl halides is 3. The van der Waals surface area contributed by atoms with E-state index < -0.39 is 12.4 Å². The van der Waals surface area contributed by atoms with Crippen LogP contribution in [0.15, 0.2) is 90.0 Å². The lowest BCUT2D eigenvalue weighted by atomic mass is 10.2. The van der Waals surface area contributed by atoms with Gasteiger partial charge < -0.3 is 25.6 Å². The van der Waals surface area contributed by atoms with Crippen molar-refractivity contribution in [2.45, 2.75) is 11.3 Å². The highest BCUT2D eigenvalue weighted by Gasteiger charge is 2.31. The molecule has 0 aliphatic carbocycles. The highest BCUT2D eigenvalue weighted by Crippen LogP contribution is 2.26. The Balaban J connectivity index is 1.35. The first-order valence-corrected chi connectivity index (χ1v) is 12.4. The van der Waals surface area contributed by atoms with Crippen LogP contribution in [0.4, 0.5) is 52.5 Å². The van der Waals surface area contributed by atoms with Crippen molar-refractivity contribution in [3.63, 3.8) is 0 Å². The second kappa shape index (κ2) is 11.7. The number of thioether (sulfide) groups is 1. The normalized spacial score (nSPS) is 11.0. The van der Waals surface area contributed by atoms with E-state index in [0.29, 0.717) is 23.1 Å². The lowest BCUT2D eigenvalue weighted by molar-refractivity contribution is -0.274. The van der Waals surface area contributed by atoms with E-state index in [1.807, 2.05) is 54.6 Å². The summed E-state index contributed by atoms with van der Waals surface area (Å²) >= 11 is 1.65. The van der Waals surface area contributed by atoms with Gasteiger partial charge in [0.2, 0.25) is 5.95 Å². The van der Waals surface area contributed by atoms with Gasteiger partial charge in [-0.1, -0.05) is 6.07 Å². The van der Waals surface area contributed by atoms with Crippen molar-refractivity contribution < 1.29 is 22.7 Å². The summed E-state index contributed by atoms with van der Waals surface area (Å²) in [5, 5.41) is 8.45. The Labute approximate surface area is 221 Å². The van der Waals surface area contributed by atoms with Crippen molar-refractivity contribution in [3.8, 4) is 5.75 Å². The minimum Gasteiger partial charge on any atom is -0.406 e. The van der Waals surface area contributed by atoms with Crippen LogP contribution in [0.1, 0.15) is 0 Å². The van der Waals surface area contributed by atoms with Crippen LogP contribution in [-0.4, -0.2) is 35.7 Å². The molecule has 0 saturated heterocycles. The van der Waals surface area contributed by atoms with E-state index in [1.54, 1.807) is 36.2 Å². The first-order chi connectivity index (χ1) is 18.2. The van der Waals surface area contributed by atoms with Gasteiger partial charge in [0.05, 0.1) is 0 Å². The van der Waals surface area contributed by atoms with E-state index in [4.69, 9.17) is 0 Å². The summed E-state index contributed by atoms with van der Waals surface area (Å²) in [6.45, 7) is 0. The molecule has 38 heavy (non-hydrogen) atoms. The van der Waals surface area contributed by atoms with Crippen LogP contribution < -0.4 is 25.6 Å². The summed E-state index contributed by atoms with van der Waals surface area (Å²) in [5.41, 5.74) is 2.54. The number of anilines is 6. The van der Waals surface area contributed by atoms with Gasteiger partial charge >= 0.3 is 12.4 Å². The molecular weight excluding hydrogens is 517 g/mol. The van der Waals surface area contributed by atoms with Crippen LogP contribution in [0.3, 0.4) is 0 Å². The van der Waals surface area contributed by atoms with E-state index in [0.717, 1.165) is 28.4 Å². The van der Waals surface area contributed by atoms with Crippen LogP contribution in [-0.2, 0) is 0 Å². The number of rotatable bonds is 8. The van der Waals surface area contributed by atoms with E-state index in [9.17, 15) is 18.0 Å². The van der Waals surface area contributed by atoms with Crippen molar-refractivity contribution in [1.82, 2.24) is 9.97 Å². The molecule has 1 heterocycles. The standard InChI is InChI=1S/C26H23F3N6O2S/c1-35(23-14-15-30-24(34-23)31-19-4-3-5-22(16-19)38-2)20-10-6-17(7-11-20)32-25(36)33-18-8-12-21(13-9-18)37-26(27,28)29/h3-16H,1-2H3,(H,30,31,34)(H2,32,33,36). The summed E-state index contributed by atoms with van der Waals surface area (Å²) in [7, 11) is 1.86. The first kappa shape index (κ1) is 26.6. The molecule has 3 aromatic carbocycles. The molecule has 4 rings (SSSR count). The Hall–Kier alpha value is -4.45. The molecule has 2 amide bonds. The molecule has 0 atom stereocenters. The van der Waals surface area contributed by atoms with E-state index in [1.165, 1.54) is 12.1 Å². The SMILES string of the molecule is CSc1cccc(Nc2nccc(N(C)c3ccc(NC(=O)Nc4ccc(OC(F)(F)F)cc4)cc3)n2)c1. The highest BCUT2D eigenvalue weighted by molar-refractivity contribution is 7.98. The summed E-state index contributed by atoms with van der Waals surface area (Å²) in [6.07, 6.45) is -1.10. The fourth-order valence-electron chi connectivity index (χ4n) is 3.36. The lowest BCUT2D eigenvalue weighted by Gasteiger charge is -2.19. The first-order valence-electron chi connectivity index (χ1n) is 11.2. The number of carbonyl (C=O) groups excluding carboxylic acids is 1. The fourth-order valence-corrected chi connectivity index (χ4v) is 3.82. The van der Waals surface area contributed by atoms with Gasteiger partial charge in [-0.25, -0.2) is 9.78 Å². The second-order valence-corrected chi connectivity index (χ2v) is 8.73. The van der Waals surface area contributed by atoms with Crippen LogP contribution in [0, 0.1) is 0 Å². The van der Waals surface area contributed by atoms with Gasteiger partial charge in [0.25, 0.3) is 0 Å². The number of nitrogens with zero attached hydrogens (tertiary/aromatic N) is 3.